The minimum Gasteiger partial charge on any atom is -0.346 e. The Hall–Kier alpha value is -2.40. The van der Waals surface area contributed by atoms with Gasteiger partial charge in [0.15, 0.2) is 0 Å². The number of nitrogens with one attached hydrogen (secondary N) is 3. The van der Waals surface area contributed by atoms with E-state index in [1.165, 1.54) is 0 Å². The van der Waals surface area contributed by atoms with Gasteiger partial charge in [0, 0.05) is 11.1 Å². The topological polar surface area (TPSA) is 70.2 Å². The molecule has 0 bridgehead atoms. The van der Waals surface area contributed by atoms with Gasteiger partial charge in [0.2, 0.25) is 11.8 Å². The van der Waals surface area contributed by atoms with Crippen LogP contribution in [-0.2, 0) is 9.59 Å². The van der Waals surface area contributed by atoms with Gasteiger partial charge in [-0.25, -0.2) is 0 Å². The molecule has 3 rings (SSSR count). The first-order valence-electron chi connectivity index (χ1n) is 8.03. The Balaban J connectivity index is 1.57. The summed E-state index contributed by atoms with van der Waals surface area (Å²) in [6, 6.07) is 13.5. The molecule has 1 fully saturated rings. The van der Waals surface area contributed by atoms with Crippen LogP contribution in [0.5, 0.6) is 0 Å². The van der Waals surface area contributed by atoms with E-state index in [0.717, 1.165) is 42.3 Å². The van der Waals surface area contributed by atoms with Crippen molar-refractivity contribution in [2.45, 2.75) is 25.3 Å². The van der Waals surface area contributed by atoms with Gasteiger partial charge in [0.1, 0.15) is 0 Å². The second-order valence-corrected chi connectivity index (χ2v) is 5.80. The number of carbonyl (C=O) groups excluding carboxylic acids is 2. The minimum atomic E-state index is -0.217. The van der Waals surface area contributed by atoms with Crippen molar-refractivity contribution < 1.29 is 9.59 Å². The van der Waals surface area contributed by atoms with Crippen molar-refractivity contribution in [3.8, 4) is 0 Å². The number of hydrogen-bond donors (Lipinski definition) is 3. The maximum Gasteiger partial charge on any atom is 0.243 e. The van der Waals surface area contributed by atoms with Crippen LogP contribution in [0.1, 0.15) is 19.3 Å². The molecule has 120 valence electrons. The molecular weight excluding hydrogens is 290 g/mol. The highest BCUT2D eigenvalue weighted by atomic mass is 16.2. The van der Waals surface area contributed by atoms with Gasteiger partial charge in [-0.15, -0.1) is 0 Å². The first kappa shape index (κ1) is 15.5. The number of anilines is 1. The monoisotopic (exact) mass is 311 g/mol. The van der Waals surface area contributed by atoms with Crippen molar-refractivity contribution in [2.24, 2.45) is 0 Å². The van der Waals surface area contributed by atoms with Crippen LogP contribution >= 0.6 is 0 Å². The van der Waals surface area contributed by atoms with Crippen LogP contribution in [0.4, 0.5) is 5.69 Å². The van der Waals surface area contributed by atoms with E-state index >= 15 is 0 Å². The smallest absolute Gasteiger partial charge is 0.243 e. The number of hydrogen-bond acceptors (Lipinski definition) is 3. The molecule has 5 heteroatoms. The van der Waals surface area contributed by atoms with Gasteiger partial charge in [-0.05, 0) is 30.8 Å². The van der Waals surface area contributed by atoms with E-state index in [4.69, 9.17) is 0 Å². The zero-order chi connectivity index (χ0) is 16.1. The molecule has 2 amide bonds. The summed E-state index contributed by atoms with van der Waals surface area (Å²) in [6.07, 6.45) is 2.98. The molecule has 1 unspecified atom stereocenters. The predicted molar refractivity (Wildman–Crippen MR) is 91.2 cm³/mol. The van der Waals surface area contributed by atoms with Crippen LogP contribution in [0.15, 0.2) is 42.5 Å². The first-order valence-corrected chi connectivity index (χ1v) is 8.03. The Morgan fingerprint density at radius 3 is 2.74 bits per heavy atom. The fourth-order valence-electron chi connectivity index (χ4n) is 2.90. The summed E-state index contributed by atoms with van der Waals surface area (Å²) in [6.45, 7) is 0.848. The van der Waals surface area contributed by atoms with E-state index in [0.29, 0.717) is 0 Å². The van der Waals surface area contributed by atoms with E-state index in [-0.39, 0.29) is 24.4 Å². The van der Waals surface area contributed by atoms with E-state index < -0.39 is 0 Å². The summed E-state index contributed by atoms with van der Waals surface area (Å²) in [7, 11) is 0. The lowest BCUT2D eigenvalue weighted by Gasteiger charge is -2.22. The van der Waals surface area contributed by atoms with E-state index in [1.54, 1.807) is 0 Å². The van der Waals surface area contributed by atoms with Gasteiger partial charge < -0.3 is 16.0 Å². The lowest BCUT2D eigenvalue weighted by atomic mass is 10.0. The van der Waals surface area contributed by atoms with Crippen LogP contribution in [0.3, 0.4) is 0 Å². The van der Waals surface area contributed by atoms with Crippen LogP contribution in [-0.4, -0.2) is 30.9 Å². The second kappa shape index (κ2) is 7.24. The summed E-state index contributed by atoms with van der Waals surface area (Å²) in [5, 5.41) is 10.8. The molecule has 1 saturated heterocycles. The van der Waals surface area contributed by atoms with Crippen molar-refractivity contribution in [3.05, 3.63) is 42.5 Å². The third-order valence-corrected chi connectivity index (χ3v) is 4.11. The van der Waals surface area contributed by atoms with Crippen molar-refractivity contribution in [1.82, 2.24) is 10.6 Å². The molecule has 0 radical (unpaired) electrons. The summed E-state index contributed by atoms with van der Waals surface area (Å²) in [4.78, 5) is 24.1. The van der Waals surface area contributed by atoms with Gasteiger partial charge >= 0.3 is 0 Å². The van der Waals surface area contributed by atoms with Crippen LogP contribution in [0.2, 0.25) is 0 Å². The largest absolute Gasteiger partial charge is 0.346 e. The maximum atomic E-state index is 12.1. The molecule has 1 heterocycles. The van der Waals surface area contributed by atoms with Crippen LogP contribution in [0.25, 0.3) is 10.8 Å². The number of fused-ring (bicyclic) bond motifs is 1. The SMILES string of the molecule is O=C(CNC(=O)C1CCCCN1)Nc1cccc2ccccc12. The molecule has 2 aromatic carbocycles. The molecule has 0 aliphatic carbocycles. The summed E-state index contributed by atoms with van der Waals surface area (Å²) in [5.74, 6) is -0.316. The number of rotatable bonds is 4. The van der Waals surface area contributed by atoms with E-state index in [1.807, 2.05) is 42.5 Å². The van der Waals surface area contributed by atoms with Crippen molar-refractivity contribution in [2.75, 3.05) is 18.4 Å². The molecule has 0 aromatic heterocycles. The zero-order valence-electron chi connectivity index (χ0n) is 13.0. The van der Waals surface area contributed by atoms with Gasteiger partial charge in [-0.1, -0.05) is 42.8 Å². The van der Waals surface area contributed by atoms with Gasteiger partial charge in [-0.2, -0.15) is 0 Å². The van der Waals surface area contributed by atoms with Gasteiger partial charge in [0.05, 0.1) is 12.6 Å². The molecule has 0 spiro atoms. The van der Waals surface area contributed by atoms with Crippen molar-refractivity contribution >= 4 is 28.3 Å². The van der Waals surface area contributed by atoms with Crippen LogP contribution < -0.4 is 16.0 Å². The highest BCUT2D eigenvalue weighted by Crippen LogP contribution is 2.22. The average Bonchev–Trinajstić information content (AvgIpc) is 2.61. The molecular formula is C18H21N3O2. The lowest BCUT2D eigenvalue weighted by Crippen LogP contribution is -2.48. The van der Waals surface area contributed by atoms with Gasteiger partial charge in [0.25, 0.3) is 0 Å². The van der Waals surface area contributed by atoms with Crippen LogP contribution in [0, 0.1) is 0 Å². The first-order chi connectivity index (χ1) is 11.2. The lowest BCUT2D eigenvalue weighted by molar-refractivity contribution is -0.126. The minimum absolute atomic E-state index is 0.0137. The molecule has 23 heavy (non-hydrogen) atoms. The highest BCUT2D eigenvalue weighted by Gasteiger charge is 2.20. The Bertz CT molecular complexity index is 703. The molecule has 1 aliphatic rings. The summed E-state index contributed by atoms with van der Waals surface area (Å²) < 4.78 is 0. The average molecular weight is 311 g/mol. The molecule has 0 saturated carbocycles. The number of benzene rings is 2. The molecule has 5 nitrogen and oxygen atoms in total. The molecule has 2 aromatic rings. The fourth-order valence-corrected chi connectivity index (χ4v) is 2.90. The summed E-state index contributed by atoms with van der Waals surface area (Å²) in [5.41, 5.74) is 0.762. The molecule has 1 aliphatic heterocycles. The van der Waals surface area contributed by atoms with E-state index in [9.17, 15) is 9.59 Å². The Kier molecular flexibility index (Phi) is 4.88. The molecule has 1 atom stereocenters. The number of piperidine rings is 1. The summed E-state index contributed by atoms with van der Waals surface area (Å²) >= 11 is 0. The Morgan fingerprint density at radius 2 is 1.91 bits per heavy atom. The van der Waals surface area contributed by atoms with Crippen molar-refractivity contribution in [3.63, 3.8) is 0 Å². The van der Waals surface area contributed by atoms with E-state index in [2.05, 4.69) is 16.0 Å². The number of amides is 2. The normalized spacial score (nSPS) is 17.7. The third-order valence-electron chi connectivity index (χ3n) is 4.11. The zero-order valence-corrected chi connectivity index (χ0v) is 13.0. The molecule has 3 N–H and O–H groups in total. The second-order valence-electron chi connectivity index (χ2n) is 5.80. The third kappa shape index (κ3) is 3.87. The standard InChI is InChI=1S/C18H21N3O2/c22-17(12-20-18(23)16-9-3-4-11-19-16)21-15-10-5-7-13-6-1-2-8-14(13)15/h1-2,5-8,10,16,19H,3-4,9,11-12H2,(H,20,23)(H,21,22). The Labute approximate surface area is 135 Å². The highest BCUT2D eigenvalue weighted by molar-refractivity contribution is 6.03. The van der Waals surface area contributed by atoms with Crippen molar-refractivity contribution in [1.29, 1.82) is 0 Å². The van der Waals surface area contributed by atoms with Gasteiger partial charge in [-0.3, -0.25) is 9.59 Å². The fraction of sp³-hybridized carbons (Fsp3) is 0.333. The number of carbonyl (C=O) groups is 2. The Morgan fingerprint density at radius 1 is 1.09 bits per heavy atom. The maximum absolute atomic E-state index is 12.1. The quantitative estimate of drug-likeness (QED) is 0.809. The predicted octanol–water partition coefficient (Wildman–Crippen LogP) is 2.04.